The van der Waals surface area contributed by atoms with Gasteiger partial charge in [0, 0.05) is 30.0 Å². The minimum atomic E-state index is -1.22. The molecule has 0 bridgehead atoms. The number of hydrogen-bond acceptors (Lipinski definition) is 7. The lowest BCUT2D eigenvalue weighted by Gasteiger charge is -2.12. The van der Waals surface area contributed by atoms with E-state index in [2.05, 4.69) is 31.8 Å². The van der Waals surface area contributed by atoms with Gasteiger partial charge < -0.3 is 10.4 Å². The molecule has 0 spiro atoms. The van der Waals surface area contributed by atoms with Gasteiger partial charge in [-0.15, -0.1) is 0 Å². The van der Waals surface area contributed by atoms with Gasteiger partial charge in [0.15, 0.2) is 5.69 Å². The van der Waals surface area contributed by atoms with Crippen LogP contribution in [0.5, 0.6) is 0 Å². The second-order valence-corrected chi connectivity index (χ2v) is 8.62. The van der Waals surface area contributed by atoms with E-state index in [1.807, 2.05) is 12.1 Å². The molecule has 184 valence electrons. The number of nitriles is 2. The van der Waals surface area contributed by atoms with Crippen LogP contribution in [0.1, 0.15) is 44.0 Å². The van der Waals surface area contributed by atoms with E-state index in [0.717, 1.165) is 16.7 Å². The summed E-state index contributed by atoms with van der Waals surface area (Å²) in [5.41, 5.74) is 3.70. The SMILES string of the molecule is Cc1cc(NC(=O)O)nc(C)c1CNC(=O)c1cn(Cc2cc(C#N)c3ncc(Cl)cc3c2)nc1C#N. The number of aromatic nitrogens is 4. The lowest BCUT2D eigenvalue weighted by Crippen LogP contribution is -2.24. The quantitative estimate of drug-likeness (QED) is 0.347. The summed E-state index contributed by atoms with van der Waals surface area (Å²) in [6.07, 6.45) is 1.72. The molecule has 3 N–H and O–H groups in total. The van der Waals surface area contributed by atoms with Crippen LogP contribution in [0.15, 0.2) is 36.7 Å². The van der Waals surface area contributed by atoms with E-state index >= 15 is 0 Å². The van der Waals surface area contributed by atoms with Crippen LogP contribution in [-0.2, 0) is 13.1 Å². The number of hydrogen-bond donors (Lipinski definition) is 3. The third kappa shape index (κ3) is 5.48. The van der Waals surface area contributed by atoms with Crippen molar-refractivity contribution in [3.05, 3.63) is 80.9 Å². The van der Waals surface area contributed by atoms with Crippen molar-refractivity contribution in [1.82, 2.24) is 25.1 Å². The van der Waals surface area contributed by atoms with E-state index in [9.17, 15) is 20.1 Å². The largest absolute Gasteiger partial charge is 0.465 e. The lowest BCUT2D eigenvalue weighted by molar-refractivity contribution is 0.0950. The van der Waals surface area contributed by atoms with Crippen LogP contribution in [0.25, 0.3) is 10.9 Å². The van der Waals surface area contributed by atoms with E-state index in [0.29, 0.717) is 27.2 Å². The van der Waals surface area contributed by atoms with Gasteiger partial charge in [-0.2, -0.15) is 15.6 Å². The van der Waals surface area contributed by atoms with Crippen LogP contribution in [-0.4, -0.2) is 36.9 Å². The predicted octanol–water partition coefficient (Wildman–Crippen LogP) is 3.91. The first kappa shape index (κ1) is 25.1. The van der Waals surface area contributed by atoms with Gasteiger partial charge in [0.1, 0.15) is 18.0 Å². The fraction of sp³-hybridized carbons (Fsp3) is 0.160. The molecular formula is C25H19ClN8O3. The van der Waals surface area contributed by atoms with E-state index in [1.54, 1.807) is 32.0 Å². The van der Waals surface area contributed by atoms with Gasteiger partial charge in [-0.3, -0.25) is 19.8 Å². The molecule has 0 unspecified atom stereocenters. The Labute approximate surface area is 215 Å². The zero-order valence-corrected chi connectivity index (χ0v) is 20.5. The molecule has 12 heteroatoms. The average molecular weight is 515 g/mol. The summed E-state index contributed by atoms with van der Waals surface area (Å²) < 4.78 is 1.46. The molecule has 1 aromatic carbocycles. The van der Waals surface area contributed by atoms with E-state index in [4.69, 9.17) is 16.7 Å². The van der Waals surface area contributed by atoms with Gasteiger partial charge in [0.2, 0.25) is 0 Å². The number of anilines is 1. The minimum Gasteiger partial charge on any atom is -0.465 e. The molecule has 37 heavy (non-hydrogen) atoms. The van der Waals surface area contributed by atoms with Gasteiger partial charge in [0.25, 0.3) is 5.91 Å². The molecule has 2 amide bonds. The van der Waals surface area contributed by atoms with E-state index < -0.39 is 12.0 Å². The number of nitrogens with one attached hydrogen (secondary N) is 2. The number of fused-ring (bicyclic) bond motifs is 1. The van der Waals surface area contributed by atoms with Crippen molar-refractivity contribution in [2.24, 2.45) is 0 Å². The van der Waals surface area contributed by atoms with Crippen molar-refractivity contribution >= 4 is 40.3 Å². The van der Waals surface area contributed by atoms with Gasteiger partial charge >= 0.3 is 6.09 Å². The highest BCUT2D eigenvalue weighted by Crippen LogP contribution is 2.23. The van der Waals surface area contributed by atoms with Crippen molar-refractivity contribution in [2.45, 2.75) is 26.9 Å². The number of aryl methyl sites for hydroxylation is 2. The first-order valence-electron chi connectivity index (χ1n) is 10.9. The smallest absolute Gasteiger partial charge is 0.410 e. The lowest BCUT2D eigenvalue weighted by atomic mass is 10.1. The Hall–Kier alpha value is -5.00. The Kier molecular flexibility index (Phi) is 7.00. The number of carbonyl (C=O) groups is 2. The standard InChI is InChI=1S/C25H19ClN8O3/c1-13-3-22(32-25(36)37)31-14(2)19(13)10-30-24(35)20-12-34(33-21(20)8-28)11-15-4-16-6-18(26)9-29-23(16)17(5-15)7-27/h3-6,9,12H,10-11H2,1-2H3,(H,30,35)(H,31,32)(H,36,37). The Morgan fingerprint density at radius 3 is 2.62 bits per heavy atom. The highest BCUT2D eigenvalue weighted by atomic mass is 35.5. The number of amides is 2. The van der Waals surface area contributed by atoms with Crippen molar-refractivity contribution in [3.63, 3.8) is 0 Å². The summed E-state index contributed by atoms with van der Waals surface area (Å²) in [5.74, 6) is -0.307. The summed E-state index contributed by atoms with van der Waals surface area (Å²) in [7, 11) is 0. The van der Waals surface area contributed by atoms with E-state index in [1.165, 1.54) is 17.1 Å². The van der Waals surface area contributed by atoms with Gasteiger partial charge in [-0.05, 0) is 54.8 Å². The normalized spacial score (nSPS) is 10.5. The zero-order valence-electron chi connectivity index (χ0n) is 19.7. The summed E-state index contributed by atoms with van der Waals surface area (Å²) >= 11 is 6.05. The first-order valence-corrected chi connectivity index (χ1v) is 11.3. The molecule has 0 saturated heterocycles. The predicted molar refractivity (Wildman–Crippen MR) is 134 cm³/mol. The molecule has 3 aromatic heterocycles. The molecule has 0 atom stereocenters. The molecule has 0 fully saturated rings. The molecule has 4 rings (SSSR count). The average Bonchev–Trinajstić information content (AvgIpc) is 3.25. The number of carboxylic acid groups (broad SMARTS) is 1. The van der Waals surface area contributed by atoms with Crippen molar-refractivity contribution < 1.29 is 14.7 Å². The van der Waals surface area contributed by atoms with Crippen molar-refractivity contribution in [2.75, 3.05) is 5.32 Å². The summed E-state index contributed by atoms with van der Waals surface area (Å²) in [6.45, 7) is 3.82. The molecule has 11 nitrogen and oxygen atoms in total. The highest BCUT2D eigenvalue weighted by Gasteiger charge is 2.18. The fourth-order valence-electron chi connectivity index (χ4n) is 3.96. The summed E-state index contributed by atoms with van der Waals surface area (Å²) in [6, 6.07) is 10.8. The molecular weight excluding hydrogens is 496 g/mol. The van der Waals surface area contributed by atoms with Crippen LogP contribution < -0.4 is 10.6 Å². The Morgan fingerprint density at radius 2 is 1.95 bits per heavy atom. The van der Waals surface area contributed by atoms with Gasteiger partial charge in [0.05, 0.1) is 28.2 Å². The van der Waals surface area contributed by atoms with Crippen LogP contribution in [0.3, 0.4) is 0 Å². The number of halogens is 1. The number of carbonyl (C=O) groups excluding carboxylic acids is 1. The topological polar surface area (TPSA) is 170 Å². The number of benzene rings is 1. The van der Waals surface area contributed by atoms with Crippen molar-refractivity contribution in [1.29, 1.82) is 10.5 Å². The second kappa shape index (κ2) is 10.3. The Morgan fingerprint density at radius 1 is 1.16 bits per heavy atom. The van der Waals surface area contributed by atoms with Crippen LogP contribution >= 0.6 is 11.6 Å². The maximum absolute atomic E-state index is 12.9. The van der Waals surface area contributed by atoms with Crippen LogP contribution in [0.2, 0.25) is 5.02 Å². The van der Waals surface area contributed by atoms with Crippen LogP contribution in [0.4, 0.5) is 10.6 Å². The highest BCUT2D eigenvalue weighted by molar-refractivity contribution is 6.31. The maximum Gasteiger partial charge on any atom is 0.410 e. The molecule has 0 radical (unpaired) electrons. The van der Waals surface area contributed by atoms with Gasteiger partial charge in [-0.25, -0.2) is 9.78 Å². The Bertz CT molecular complexity index is 1630. The number of nitrogens with zero attached hydrogens (tertiary/aromatic N) is 6. The third-order valence-electron chi connectivity index (χ3n) is 5.60. The Balaban J connectivity index is 1.54. The summed E-state index contributed by atoms with van der Waals surface area (Å²) in [5, 5.41) is 38.3. The third-order valence-corrected chi connectivity index (χ3v) is 5.81. The molecule has 0 saturated carbocycles. The molecule has 0 aliphatic heterocycles. The second-order valence-electron chi connectivity index (χ2n) is 8.18. The van der Waals surface area contributed by atoms with Gasteiger partial charge in [-0.1, -0.05) is 11.6 Å². The van der Waals surface area contributed by atoms with Crippen LogP contribution in [0, 0.1) is 36.5 Å². The first-order chi connectivity index (χ1) is 17.7. The molecule has 3 heterocycles. The van der Waals surface area contributed by atoms with Crippen molar-refractivity contribution in [3.8, 4) is 12.1 Å². The number of pyridine rings is 2. The zero-order chi connectivity index (χ0) is 26.7. The molecule has 0 aliphatic rings. The fourth-order valence-corrected chi connectivity index (χ4v) is 4.13. The number of rotatable bonds is 6. The molecule has 4 aromatic rings. The minimum absolute atomic E-state index is 0.0453. The van der Waals surface area contributed by atoms with E-state index in [-0.39, 0.29) is 30.2 Å². The monoisotopic (exact) mass is 514 g/mol. The molecule has 0 aliphatic carbocycles. The maximum atomic E-state index is 12.9. The summed E-state index contributed by atoms with van der Waals surface area (Å²) in [4.78, 5) is 32.2.